The standard InChI is InChI=1S/C12H16BrClOS/c1-8-7-11(16-12(8)14)10(13)5-4-9-3-2-6-15-9/h7,9-10H,2-6H2,1H3. The van der Waals surface area contributed by atoms with Gasteiger partial charge in [-0.3, -0.25) is 0 Å². The third kappa shape index (κ3) is 3.22. The van der Waals surface area contributed by atoms with Crippen molar-refractivity contribution >= 4 is 38.9 Å². The lowest BCUT2D eigenvalue weighted by atomic mass is 10.1. The lowest BCUT2D eigenvalue weighted by molar-refractivity contribution is 0.102. The first-order valence-electron chi connectivity index (χ1n) is 5.68. The van der Waals surface area contributed by atoms with Crippen LogP contribution in [-0.4, -0.2) is 12.7 Å². The summed E-state index contributed by atoms with van der Waals surface area (Å²) >= 11 is 11.5. The van der Waals surface area contributed by atoms with E-state index < -0.39 is 0 Å². The molecule has 2 rings (SSSR count). The maximum atomic E-state index is 6.07. The Morgan fingerprint density at radius 1 is 1.69 bits per heavy atom. The molecule has 4 heteroatoms. The molecule has 1 aliphatic heterocycles. The number of ether oxygens (including phenoxy) is 1. The first-order chi connectivity index (χ1) is 7.66. The van der Waals surface area contributed by atoms with Crippen LogP contribution in [0.15, 0.2) is 6.07 Å². The Morgan fingerprint density at radius 2 is 2.50 bits per heavy atom. The molecular weight excluding hydrogens is 308 g/mol. The zero-order chi connectivity index (χ0) is 11.5. The number of alkyl halides is 1. The van der Waals surface area contributed by atoms with E-state index in [1.165, 1.54) is 23.3 Å². The highest BCUT2D eigenvalue weighted by atomic mass is 79.9. The molecule has 2 unspecified atom stereocenters. The minimum absolute atomic E-state index is 0.424. The summed E-state index contributed by atoms with van der Waals surface area (Å²) in [6, 6.07) is 2.18. The number of rotatable bonds is 4. The molecule has 1 nitrogen and oxygen atoms in total. The minimum atomic E-state index is 0.424. The summed E-state index contributed by atoms with van der Waals surface area (Å²) in [6.07, 6.45) is 5.20. The molecule has 0 saturated carbocycles. The van der Waals surface area contributed by atoms with Gasteiger partial charge in [0.2, 0.25) is 0 Å². The van der Waals surface area contributed by atoms with Crippen LogP contribution in [0.5, 0.6) is 0 Å². The van der Waals surface area contributed by atoms with Crippen molar-refractivity contribution in [3.63, 3.8) is 0 Å². The van der Waals surface area contributed by atoms with Crippen LogP contribution in [0.3, 0.4) is 0 Å². The lowest BCUT2D eigenvalue weighted by Gasteiger charge is -2.11. The van der Waals surface area contributed by atoms with E-state index in [0.29, 0.717) is 10.9 Å². The highest BCUT2D eigenvalue weighted by molar-refractivity contribution is 9.09. The topological polar surface area (TPSA) is 9.23 Å². The van der Waals surface area contributed by atoms with Gasteiger partial charge in [-0.05, 0) is 44.2 Å². The summed E-state index contributed by atoms with van der Waals surface area (Å²) in [5, 5.41) is 0. The van der Waals surface area contributed by atoms with E-state index in [-0.39, 0.29) is 0 Å². The van der Waals surface area contributed by atoms with Gasteiger partial charge in [0.25, 0.3) is 0 Å². The largest absolute Gasteiger partial charge is 0.378 e. The predicted octanol–water partition coefficient (Wildman–Crippen LogP) is 5.11. The molecule has 1 aromatic rings. The van der Waals surface area contributed by atoms with Crippen LogP contribution in [0, 0.1) is 6.92 Å². The lowest BCUT2D eigenvalue weighted by Crippen LogP contribution is -2.05. The first kappa shape index (κ1) is 12.9. The molecule has 0 N–H and O–H groups in total. The smallest absolute Gasteiger partial charge is 0.0960 e. The quantitative estimate of drug-likeness (QED) is 0.700. The normalized spacial score (nSPS) is 22.6. The highest BCUT2D eigenvalue weighted by Crippen LogP contribution is 2.38. The summed E-state index contributed by atoms with van der Waals surface area (Å²) < 4.78 is 6.54. The second kappa shape index (κ2) is 5.85. The molecule has 0 amide bonds. The summed E-state index contributed by atoms with van der Waals surface area (Å²) in [6.45, 7) is 3.00. The fraction of sp³-hybridized carbons (Fsp3) is 0.667. The van der Waals surface area contributed by atoms with E-state index in [2.05, 4.69) is 28.9 Å². The van der Waals surface area contributed by atoms with Crippen molar-refractivity contribution in [3.05, 3.63) is 20.8 Å². The summed E-state index contributed by atoms with van der Waals surface area (Å²) in [7, 11) is 0. The van der Waals surface area contributed by atoms with Crippen molar-refractivity contribution in [1.82, 2.24) is 0 Å². The molecule has 90 valence electrons. The molecule has 0 aromatic carbocycles. The van der Waals surface area contributed by atoms with Gasteiger partial charge < -0.3 is 4.74 Å². The number of thiophene rings is 1. The van der Waals surface area contributed by atoms with Gasteiger partial charge in [-0.1, -0.05) is 27.5 Å². The van der Waals surface area contributed by atoms with Gasteiger partial charge >= 0.3 is 0 Å². The van der Waals surface area contributed by atoms with Gasteiger partial charge in [0.1, 0.15) is 0 Å². The molecule has 16 heavy (non-hydrogen) atoms. The Labute approximate surface area is 114 Å². The van der Waals surface area contributed by atoms with E-state index in [4.69, 9.17) is 16.3 Å². The van der Waals surface area contributed by atoms with Gasteiger partial charge in [-0.2, -0.15) is 0 Å². The maximum absolute atomic E-state index is 6.07. The Kier molecular flexibility index (Phi) is 4.71. The Hall–Kier alpha value is 0.430. The van der Waals surface area contributed by atoms with Crippen LogP contribution in [0.25, 0.3) is 0 Å². The Balaban J connectivity index is 1.84. The van der Waals surface area contributed by atoms with Crippen molar-refractivity contribution in [2.24, 2.45) is 0 Å². The summed E-state index contributed by atoms with van der Waals surface area (Å²) in [5.74, 6) is 0. The third-order valence-corrected chi connectivity index (χ3v) is 5.87. The molecule has 1 aliphatic rings. The molecule has 2 atom stereocenters. The van der Waals surface area contributed by atoms with Crippen molar-refractivity contribution in [2.75, 3.05) is 6.61 Å². The maximum Gasteiger partial charge on any atom is 0.0960 e. The Morgan fingerprint density at radius 3 is 3.06 bits per heavy atom. The van der Waals surface area contributed by atoms with Crippen LogP contribution in [-0.2, 0) is 4.74 Å². The third-order valence-electron chi connectivity index (χ3n) is 2.95. The predicted molar refractivity (Wildman–Crippen MR) is 73.9 cm³/mol. The van der Waals surface area contributed by atoms with Gasteiger partial charge in [0, 0.05) is 16.3 Å². The summed E-state index contributed by atoms with van der Waals surface area (Å²) in [5.41, 5.74) is 1.18. The fourth-order valence-electron chi connectivity index (χ4n) is 1.98. The van der Waals surface area contributed by atoms with Crippen molar-refractivity contribution in [3.8, 4) is 0 Å². The first-order valence-corrected chi connectivity index (χ1v) is 7.79. The van der Waals surface area contributed by atoms with Crippen molar-refractivity contribution < 1.29 is 4.74 Å². The van der Waals surface area contributed by atoms with Gasteiger partial charge in [-0.15, -0.1) is 11.3 Å². The van der Waals surface area contributed by atoms with E-state index in [1.807, 2.05) is 0 Å². The van der Waals surface area contributed by atoms with Crippen LogP contribution in [0.4, 0.5) is 0 Å². The van der Waals surface area contributed by atoms with Gasteiger partial charge in [0.15, 0.2) is 0 Å². The molecule has 0 aliphatic carbocycles. The van der Waals surface area contributed by atoms with Crippen LogP contribution in [0.1, 0.15) is 41.0 Å². The second-order valence-corrected chi connectivity index (χ2v) is 7.08. The average molecular weight is 324 g/mol. The molecule has 1 saturated heterocycles. The number of hydrogen-bond donors (Lipinski definition) is 0. The van der Waals surface area contributed by atoms with Crippen molar-refractivity contribution in [1.29, 1.82) is 0 Å². The monoisotopic (exact) mass is 322 g/mol. The van der Waals surface area contributed by atoms with Crippen molar-refractivity contribution in [2.45, 2.75) is 43.5 Å². The SMILES string of the molecule is Cc1cc(C(Br)CCC2CCCO2)sc1Cl. The van der Waals surface area contributed by atoms with Crippen LogP contribution < -0.4 is 0 Å². The minimum Gasteiger partial charge on any atom is -0.378 e. The van der Waals surface area contributed by atoms with Crippen LogP contribution in [0.2, 0.25) is 4.34 Å². The second-order valence-electron chi connectivity index (χ2n) is 4.29. The highest BCUT2D eigenvalue weighted by Gasteiger charge is 2.18. The molecule has 0 radical (unpaired) electrons. The molecular formula is C12H16BrClOS. The van der Waals surface area contributed by atoms with Gasteiger partial charge in [-0.25, -0.2) is 0 Å². The van der Waals surface area contributed by atoms with E-state index in [0.717, 1.165) is 23.8 Å². The fourth-order valence-corrected chi connectivity index (χ4v) is 3.89. The number of halogens is 2. The molecule has 1 aromatic heterocycles. The van der Waals surface area contributed by atoms with E-state index in [1.54, 1.807) is 11.3 Å². The zero-order valence-electron chi connectivity index (χ0n) is 9.34. The Bertz CT molecular complexity index is 327. The molecule has 0 bridgehead atoms. The molecule has 1 fully saturated rings. The van der Waals surface area contributed by atoms with E-state index >= 15 is 0 Å². The number of hydrogen-bond acceptors (Lipinski definition) is 2. The van der Waals surface area contributed by atoms with Gasteiger partial charge in [0.05, 0.1) is 10.4 Å². The average Bonchev–Trinajstić information content (AvgIpc) is 2.86. The zero-order valence-corrected chi connectivity index (χ0v) is 12.5. The summed E-state index contributed by atoms with van der Waals surface area (Å²) in [4.78, 5) is 1.76. The van der Waals surface area contributed by atoms with Crippen LogP contribution >= 0.6 is 38.9 Å². The van der Waals surface area contributed by atoms with E-state index in [9.17, 15) is 0 Å². The number of aryl methyl sites for hydroxylation is 1. The molecule has 0 spiro atoms. The molecule has 2 heterocycles.